The third-order valence-electron chi connectivity index (χ3n) is 14.3. The lowest BCUT2D eigenvalue weighted by Crippen LogP contribution is -2.56. The van der Waals surface area contributed by atoms with Crippen LogP contribution in [-0.2, 0) is 40.0 Å². The molecule has 0 aliphatic carbocycles. The topological polar surface area (TPSA) is 114 Å². The predicted molar refractivity (Wildman–Crippen MR) is 326 cm³/mol. The molecule has 2 aliphatic heterocycles. The van der Waals surface area contributed by atoms with Crippen LogP contribution in [0.4, 0.5) is 16.2 Å². The van der Waals surface area contributed by atoms with Crippen LogP contribution in [0.1, 0.15) is 160 Å². The van der Waals surface area contributed by atoms with Crippen LogP contribution in [0.2, 0.25) is 0 Å². The first kappa shape index (κ1) is 60.2. The number of hydrogen-bond acceptors (Lipinski definition) is 10. The number of ether oxygens (including phenoxy) is 1. The van der Waals surface area contributed by atoms with E-state index in [0.29, 0.717) is 30.2 Å². The van der Waals surface area contributed by atoms with Gasteiger partial charge >= 0.3 is 6.03 Å². The Bertz CT molecular complexity index is 2640. The fraction of sp³-hybridized carbons (Fsp3) is 0.431. The smallest absolute Gasteiger partial charge is 0.333 e. The van der Waals surface area contributed by atoms with Crippen molar-refractivity contribution in [1.82, 2.24) is 9.80 Å². The Morgan fingerprint density at radius 3 is 1.12 bits per heavy atom. The Hall–Kier alpha value is -6.05. The normalized spacial score (nSPS) is 14.4. The minimum Gasteiger partial charge on any atom is -0.457 e. The quantitative estimate of drug-likeness (QED) is 0.0392. The number of hydrogen-bond donors (Lipinski definition) is 2. The van der Waals surface area contributed by atoms with Gasteiger partial charge < -0.3 is 24.7 Å². The van der Waals surface area contributed by atoms with Crippen molar-refractivity contribution in [3.63, 3.8) is 0 Å². The number of unbranched alkanes of at least 4 members (excludes halogenated alkanes) is 4. The Morgan fingerprint density at radius 1 is 0.481 bits per heavy atom. The molecule has 0 spiro atoms. The number of allylic oxidation sites excluding steroid dienone is 5. The summed E-state index contributed by atoms with van der Waals surface area (Å²) in [6.45, 7) is 19.9. The molecular weight excluding hydrogens is 997 g/mol. The van der Waals surface area contributed by atoms with Crippen molar-refractivity contribution >= 4 is 88.3 Å². The zero-order chi connectivity index (χ0) is 55.3. The third-order valence-corrected chi connectivity index (χ3v) is 16.7. The molecule has 0 atom stereocenters. The maximum absolute atomic E-state index is 14.2. The number of carbonyl (C=O) groups excluding carboxylic acids is 3. The first-order chi connectivity index (χ1) is 37.5. The van der Waals surface area contributed by atoms with E-state index in [4.69, 9.17) is 4.74 Å². The maximum Gasteiger partial charge on any atom is 0.333 e. The minimum atomic E-state index is -0.609. The van der Waals surface area contributed by atoms with Crippen molar-refractivity contribution in [2.75, 3.05) is 62.3 Å². The molecule has 1 saturated heterocycles. The van der Waals surface area contributed by atoms with Crippen LogP contribution >= 0.6 is 22.7 Å². The Balaban J connectivity index is 1.43. The molecular formula is C65H84N4O6S2. The first-order valence-electron chi connectivity index (χ1n) is 28.5. The fourth-order valence-corrected chi connectivity index (χ4v) is 12.3. The number of carbonyl (C=O) groups is 3. The summed E-state index contributed by atoms with van der Waals surface area (Å²) >= 11 is 3.55. The summed E-state index contributed by atoms with van der Waals surface area (Å²) in [4.78, 5) is 53.1. The van der Waals surface area contributed by atoms with Crippen LogP contribution < -0.4 is 9.80 Å². The second-order valence-corrected chi connectivity index (χ2v) is 21.7. The molecule has 6 rings (SSSR count). The van der Waals surface area contributed by atoms with Crippen LogP contribution in [0.5, 0.6) is 0 Å². The highest BCUT2D eigenvalue weighted by Crippen LogP contribution is 2.38. The van der Waals surface area contributed by atoms with Crippen LogP contribution in [0.15, 0.2) is 95.5 Å². The lowest BCUT2D eigenvalue weighted by atomic mass is 9.97. The van der Waals surface area contributed by atoms with Gasteiger partial charge in [0.2, 0.25) is 0 Å². The molecule has 77 heavy (non-hydrogen) atoms. The van der Waals surface area contributed by atoms with E-state index in [-0.39, 0.29) is 31.9 Å². The molecule has 1 fully saturated rings. The van der Waals surface area contributed by atoms with Gasteiger partial charge in [0, 0.05) is 75.7 Å². The van der Waals surface area contributed by atoms with Gasteiger partial charge in [0.1, 0.15) is 17.1 Å². The lowest BCUT2D eigenvalue weighted by molar-refractivity contribution is -0.135. The van der Waals surface area contributed by atoms with Gasteiger partial charge in [0.25, 0.3) is 11.8 Å². The summed E-state index contributed by atoms with van der Waals surface area (Å²) in [6.07, 6.45) is 33.0. The number of likely N-dealkylation sites (N-methyl/N-ethyl adjacent to an activating group) is 4. The number of rotatable bonds is 30. The first-order valence-corrected chi connectivity index (χ1v) is 30.1. The number of amides is 4. The van der Waals surface area contributed by atoms with E-state index < -0.39 is 17.8 Å². The Morgan fingerprint density at radius 2 is 0.818 bits per heavy atom. The zero-order valence-electron chi connectivity index (χ0n) is 47.2. The summed E-state index contributed by atoms with van der Waals surface area (Å²) in [5, 5.41) is 19.2. The van der Waals surface area contributed by atoms with E-state index in [0.717, 1.165) is 132 Å². The number of urea groups is 1. The van der Waals surface area contributed by atoms with Gasteiger partial charge in [0.05, 0.1) is 13.2 Å². The summed E-state index contributed by atoms with van der Waals surface area (Å²) in [5.41, 5.74) is 10.2. The molecule has 0 saturated carbocycles. The molecule has 0 unspecified atom stereocenters. The second-order valence-electron chi connectivity index (χ2n) is 19.5. The van der Waals surface area contributed by atoms with Gasteiger partial charge in [-0.25, -0.2) is 4.79 Å². The number of aliphatic hydroxyl groups is 2. The highest BCUT2D eigenvalue weighted by molar-refractivity contribution is 7.14. The molecule has 12 heteroatoms. The van der Waals surface area contributed by atoms with Crippen molar-refractivity contribution in [2.45, 2.75) is 132 Å². The van der Waals surface area contributed by atoms with Gasteiger partial charge in [-0.3, -0.25) is 19.4 Å². The molecule has 0 bridgehead atoms. The summed E-state index contributed by atoms with van der Waals surface area (Å²) in [5.74, 6) is -0.251. The number of imide groups is 2. The monoisotopic (exact) mass is 1080 g/mol. The second kappa shape index (κ2) is 30.8. The molecule has 2 aromatic heterocycles. The number of anilines is 2. The number of thiophene rings is 2. The van der Waals surface area contributed by atoms with Gasteiger partial charge in [-0.1, -0.05) is 89.8 Å². The van der Waals surface area contributed by atoms with Gasteiger partial charge in [-0.2, -0.15) is 0 Å². The third kappa shape index (κ3) is 15.6. The van der Waals surface area contributed by atoms with Crippen molar-refractivity contribution < 1.29 is 29.3 Å². The summed E-state index contributed by atoms with van der Waals surface area (Å²) < 4.78 is 6.75. The molecule has 412 valence electrons. The molecule has 2 aliphatic rings. The van der Waals surface area contributed by atoms with Crippen LogP contribution in [0, 0.1) is 0 Å². The average molecular weight is 1080 g/mol. The van der Waals surface area contributed by atoms with E-state index in [9.17, 15) is 24.6 Å². The van der Waals surface area contributed by atoms with Crippen molar-refractivity contribution in [3.05, 3.63) is 148 Å². The molecule has 2 aromatic carbocycles. The number of nitrogens with zero attached hydrogens (tertiary/aromatic N) is 4. The minimum absolute atomic E-state index is 0.0517. The standard InChI is InChI=1S/C65H84N4O6S2/c1-9-17-21-54-56(23-19-11-3)60(76-58(54)37-29-47-25-31-50(32-26-47)66(13-5)41-43-70)39-35-52-45-49(62-63(72)68(15-7)65(74)69(16-8)64(62)73)46-53(75-52)36-40-61-57(24-20-12-4)55(22-18-10-2)59(77-61)38-30-48-27-33-51(34-28-48)67(14-6)42-44-71/h25-40,45-46,70-71H,9-24,41-44H2,1-8H3/b37-29+,38-30+,39-35+,40-36+. The number of aliphatic hydroxyl groups excluding tert-OH is 2. The highest BCUT2D eigenvalue weighted by atomic mass is 32.1. The Kier molecular flexibility index (Phi) is 24.1. The maximum atomic E-state index is 14.2. The van der Waals surface area contributed by atoms with E-state index in [1.165, 1.54) is 32.0 Å². The summed E-state index contributed by atoms with van der Waals surface area (Å²) in [6, 6.07) is 16.4. The lowest BCUT2D eigenvalue weighted by Gasteiger charge is -2.33. The van der Waals surface area contributed by atoms with E-state index in [1.807, 2.05) is 12.2 Å². The van der Waals surface area contributed by atoms with Gasteiger partial charge in [-0.15, -0.1) is 22.7 Å². The number of barbiturate groups is 1. The van der Waals surface area contributed by atoms with Gasteiger partial charge in [0.15, 0.2) is 0 Å². The van der Waals surface area contributed by atoms with E-state index in [2.05, 4.69) is 136 Å². The molecule has 0 radical (unpaired) electrons. The molecule has 2 N–H and O–H groups in total. The molecule has 4 aromatic rings. The zero-order valence-corrected chi connectivity index (χ0v) is 48.8. The largest absolute Gasteiger partial charge is 0.457 e. The summed E-state index contributed by atoms with van der Waals surface area (Å²) in [7, 11) is 0. The highest BCUT2D eigenvalue weighted by Gasteiger charge is 2.42. The van der Waals surface area contributed by atoms with E-state index >= 15 is 0 Å². The van der Waals surface area contributed by atoms with Crippen LogP contribution in [0.25, 0.3) is 36.5 Å². The van der Waals surface area contributed by atoms with Crippen molar-refractivity contribution in [2.24, 2.45) is 0 Å². The van der Waals surface area contributed by atoms with E-state index in [1.54, 1.807) is 48.7 Å². The molecule has 4 heterocycles. The number of benzene rings is 2. The SMILES string of the molecule is CCCCc1c(/C=C/C2=CC(=C3C(=O)N(CC)C(=O)N(CC)C3=O)C=C(/C=C/c3sc(/C=C/c4ccc(N(CC)CCO)cc4)c(CCCC)c3CCCC)O2)sc(/C=C/c2ccc(N(CC)CCO)cc2)c1CCCC. The molecule has 10 nitrogen and oxygen atoms in total. The Labute approximate surface area is 468 Å². The average Bonchev–Trinajstić information content (AvgIpc) is 3.96. The fourth-order valence-electron chi connectivity index (χ4n) is 9.90. The van der Waals surface area contributed by atoms with Crippen LogP contribution in [-0.4, -0.2) is 90.3 Å². The molecule has 4 amide bonds. The predicted octanol–water partition coefficient (Wildman–Crippen LogP) is 14.8. The van der Waals surface area contributed by atoms with Crippen molar-refractivity contribution in [1.29, 1.82) is 0 Å². The van der Waals surface area contributed by atoms with Crippen LogP contribution in [0.3, 0.4) is 0 Å². The van der Waals surface area contributed by atoms with Crippen molar-refractivity contribution in [3.8, 4) is 0 Å². The van der Waals surface area contributed by atoms with Gasteiger partial charge in [-0.05, 0) is 185 Å².